The van der Waals surface area contributed by atoms with E-state index in [1.165, 1.54) is 12.1 Å². The second kappa shape index (κ2) is 5.87. The van der Waals surface area contributed by atoms with Gasteiger partial charge < -0.3 is 9.73 Å². The van der Waals surface area contributed by atoms with E-state index in [1.54, 1.807) is 18.2 Å². The number of hydrogen-bond acceptors (Lipinski definition) is 3. The highest BCUT2D eigenvalue weighted by molar-refractivity contribution is 6.04. The molecule has 0 fully saturated rings. The maximum atomic E-state index is 12.6. The Balaban J connectivity index is 1.83. The number of nitrogens with zero attached hydrogens (tertiary/aromatic N) is 1. The van der Waals surface area contributed by atoms with E-state index in [0.717, 1.165) is 10.8 Å². The molecule has 0 aliphatic carbocycles. The van der Waals surface area contributed by atoms with Crippen LogP contribution < -0.4 is 5.32 Å². The summed E-state index contributed by atoms with van der Waals surface area (Å²) in [6, 6.07) is 17.3. The fourth-order valence-corrected chi connectivity index (χ4v) is 2.75. The molecule has 4 rings (SSSR count). The number of anilines is 1. The molecule has 3 aromatic carbocycles. The Morgan fingerprint density at radius 2 is 1.69 bits per heavy atom. The number of halogens is 3. The summed E-state index contributed by atoms with van der Waals surface area (Å²) in [7, 11) is 0. The lowest BCUT2D eigenvalue weighted by atomic mass is 10.1. The average molecular weight is 356 g/mol. The summed E-state index contributed by atoms with van der Waals surface area (Å²) in [5, 5.41) is 3.71. The SMILES string of the molecule is O=C(Nc1ccccc1-c1nc2c(ccc3ccccc32)o1)C(F)(F)F. The number of benzene rings is 3. The monoisotopic (exact) mass is 356 g/mol. The Morgan fingerprint density at radius 3 is 2.50 bits per heavy atom. The lowest BCUT2D eigenvalue weighted by molar-refractivity contribution is -0.167. The number of oxazole rings is 1. The number of fused-ring (bicyclic) bond motifs is 3. The van der Waals surface area contributed by atoms with Gasteiger partial charge in [-0.25, -0.2) is 4.98 Å². The Labute approximate surface area is 145 Å². The first-order chi connectivity index (χ1) is 12.4. The molecular formula is C19H11F3N2O2. The van der Waals surface area contributed by atoms with Crippen molar-refractivity contribution in [1.29, 1.82) is 0 Å². The number of rotatable bonds is 2. The summed E-state index contributed by atoms with van der Waals surface area (Å²) in [4.78, 5) is 15.7. The smallest absolute Gasteiger partial charge is 0.436 e. The fraction of sp³-hybridized carbons (Fsp3) is 0.0526. The molecule has 7 heteroatoms. The second-order valence-electron chi connectivity index (χ2n) is 5.65. The maximum Gasteiger partial charge on any atom is 0.471 e. The Morgan fingerprint density at radius 1 is 0.962 bits per heavy atom. The third kappa shape index (κ3) is 2.77. The predicted octanol–water partition coefficient (Wildman–Crippen LogP) is 5.15. The molecule has 0 unspecified atom stereocenters. The van der Waals surface area contributed by atoms with Gasteiger partial charge in [0.25, 0.3) is 0 Å². The van der Waals surface area contributed by atoms with Gasteiger partial charge in [-0.3, -0.25) is 4.79 Å². The van der Waals surface area contributed by atoms with Crippen molar-refractivity contribution in [2.24, 2.45) is 0 Å². The second-order valence-corrected chi connectivity index (χ2v) is 5.65. The predicted molar refractivity (Wildman–Crippen MR) is 91.6 cm³/mol. The molecular weight excluding hydrogens is 345 g/mol. The molecule has 4 nitrogen and oxygen atoms in total. The molecule has 130 valence electrons. The molecule has 0 bridgehead atoms. The van der Waals surface area contributed by atoms with E-state index in [2.05, 4.69) is 4.98 Å². The lowest BCUT2D eigenvalue weighted by Gasteiger charge is -2.10. The van der Waals surface area contributed by atoms with Gasteiger partial charge >= 0.3 is 12.1 Å². The van der Waals surface area contributed by atoms with Crippen LogP contribution in [0.5, 0.6) is 0 Å². The topological polar surface area (TPSA) is 55.1 Å². The van der Waals surface area contributed by atoms with Gasteiger partial charge in [-0.15, -0.1) is 0 Å². The van der Waals surface area contributed by atoms with Gasteiger partial charge in [-0.05, 0) is 23.6 Å². The number of nitrogens with one attached hydrogen (secondary N) is 1. The van der Waals surface area contributed by atoms with Crippen molar-refractivity contribution in [2.45, 2.75) is 6.18 Å². The fourth-order valence-electron chi connectivity index (χ4n) is 2.75. The van der Waals surface area contributed by atoms with Crippen molar-refractivity contribution in [1.82, 2.24) is 4.98 Å². The molecule has 1 heterocycles. The van der Waals surface area contributed by atoms with Crippen LogP contribution in [0, 0.1) is 0 Å². The minimum absolute atomic E-state index is 0.0225. The molecule has 0 atom stereocenters. The van der Waals surface area contributed by atoms with Crippen molar-refractivity contribution in [2.75, 3.05) is 5.32 Å². The molecule has 0 spiro atoms. The Bertz CT molecular complexity index is 1130. The van der Waals surface area contributed by atoms with Crippen molar-refractivity contribution in [3.05, 3.63) is 60.7 Å². The molecule has 0 saturated carbocycles. The van der Waals surface area contributed by atoms with Crippen LogP contribution in [0.3, 0.4) is 0 Å². The summed E-state index contributed by atoms with van der Waals surface area (Å²) in [6.07, 6.45) is -4.98. The molecule has 1 N–H and O–H groups in total. The summed E-state index contributed by atoms with van der Waals surface area (Å²) in [5.74, 6) is -1.92. The van der Waals surface area contributed by atoms with E-state index in [-0.39, 0.29) is 17.1 Å². The molecule has 1 amide bonds. The van der Waals surface area contributed by atoms with E-state index in [1.807, 2.05) is 35.6 Å². The summed E-state index contributed by atoms with van der Waals surface area (Å²) < 4.78 is 43.4. The average Bonchev–Trinajstić information content (AvgIpc) is 3.06. The number of alkyl halides is 3. The number of amides is 1. The van der Waals surface area contributed by atoms with Gasteiger partial charge in [0.15, 0.2) is 5.58 Å². The van der Waals surface area contributed by atoms with E-state index < -0.39 is 12.1 Å². The zero-order valence-corrected chi connectivity index (χ0v) is 13.2. The van der Waals surface area contributed by atoms with Gasteiger partial charge in [0.2, 0.25) is 5.89 Å². The van der Waals surface area contributed by atoms with Crippen LogP contribution in [0.25, 0.3) is 33.3 Å². The first kappa shape index (κ1) is 16.1. The minimum atomic E-state index is -4.98. The van der Waals surface area contributed by atoms with Gasteiger partial charge in [0.1, 0.15) is 5.52 Å². The Hall–Kier alpha value is -3.35. The van der Waals surface area contributed by atoms with Crippen LogP contribution in [-0.4, -0.2) is 17.1 Å². The standard InChI is InChI=1S/C19H11F3N2O2/c20-19(21,22)18(25)23-14-8-4-3-7-13(14)17-24-16-12-6-2-1-5-11(12)9-10-15(16)26-17/h1-10H,(H,23,25). The van der Waals surface area contributed by atoms with Gasteiger partial charge in [-0.2, -0.15) is 13.2 Å². The maximum absolute atomic E-state index is 12.6. The van der Waals surface area contributed by atoms with Crippen molar-refractivity contribution in [3.63, 3.8) is 0 Å². The van der Waals surface area contributed by atoms with Crippen LogP contribution >= 0.6 is 0 Å². The molecule has 1 aromatic heterocycles. The largest absolute Gasteiger partial charge is 0.471 e. The van der Waals surface area contributed by atoms with Crippen molar-refractivity contribution in [3.8, 4) is 11.5 Å². The van der Waals surface area contributed by atoms with E-state index in [9.17, 15) is 18.0 Å². The number of hydrogen-bond donors (Lipinski definition) is 1. The molecule has 0 aliphatic rings. The van der Waals surface area contributed by atoms with Gasteiger partial charge in [0, 0.05) is 5.39 Å². The first-order valence-corrected chi connectivity index (χ1v) is 7.69. The van der Waals surface area contributed by atoms with Crippen LogP contribution in [-0.2, 0) is 4.79 Å². The lowest BCUT2D eigenvalue weighted by Crippen LogP contribution is -2.30. The first-order valence-electron chi connectivity index (χ1n) is 7.69. The number of aromatic nitrogens is 1. The van der Waals surface area contributed by atoms with Crippen LogP contribution in [0.15, 0.2) is 65.1 Å². The van der Waals surface area contributed by atoms with Gasteiger partial charge in [0.05, 0.1) is 11.3 Å². The highest BCUT2D eigenvalue weighted by Crippen LogP contribution is 2.33. The van der Waals surface area contributed by atoms with E-state index >= 15 is 0 Å². The van der Waals surface area contributed by atoms with Crippen molar-refractivity contribution >= 4 is 33.5 Å². The Kier molecular flexibility index (Phi) is 3.64. The summed E-state index contributed by atoms with van der Waals surface area (Å²) in [6.45, 7) is 0. The molecule has 0 aliphatic heterocycles. The van der Waals surface area contributed by atoms with Crippen LogP contribution in [0.2, 0.25) is 0 Å². The molecule has 26 heavy (non-hydrogen) atoms. The summed E-state index contributed by atoms with van der Waals surface area (Å²) >= 11 is 0. The molecule has 0 saturated heterocycles. The zero-order chi connectivity index (χ0) is 18.3. The van der Waals surface area contributed by atoms with Crippen molar-refractivity contribution < 1.29 is 22.4 Å². The third-order valence-electron chi connectivity index (χ3n) is 3.95. The van der Waals surface area contributed by atoms with Crippen LogP contribution in [0.1, 0.15) is 0 Å². The quantitative estimate of drug-likeness (QED) is 0.540. The molecule has 0 radical (unpaired) electrons. The van der Waals surface area contributed by atoms with Crippen LogP contribution in [0.4, 0.5) is 18.9 Å². The highest BCUT2D eigenvalue weighted by Gasteiger charge is 2.39. The minimum Gasteiger partial charge on any atom is -0.436 e. The zero-order valence-electron chi connectivity index (χ0n) is 13.2. The third-order valence-corrected chi connectivity index (χ3v) is 3.95. The summed E-state index contributed by atoms with van der Waals surface area (Å²) in [5.41, 5.74) is 1.36. The van der Waals surface area contributed by atoms with Gasteiger partial charge in [-0.1, -0.05) is 42.5 Å². The highest BCUT2D eigenvalue weighted by atomic mass is 19.4. The van der Waals surface area contributed by atoms with E-state index in [4.69, 9.17) is 4.42 Å². The number of carbonyl (C=O) groups excluding carboxylic acids is 1. The number of carbonyl (C=O) groups is 1. The normalized spacial score (nSPS) is 11.8. The molecule has 4 aromatic rings. The van der Waals surface area contributed by atoms with E-state index in [0.29, 0.717) is 11.1 Å². The number of para-hydroxylation sites is 1.